The van der Waals surface area contributed by atoms with Crippen LogP contribution in [-0.2, 0) is 0 Å². The molecule has 2 heteroatoms. The van der Waals surface area contributed by atoms with E-state index in [4.69, 9.17) is 5.73 Å². The summed E-state index contributed by atoms with van der Waals surface area (Å²) in [5, 5.41) is 0. The zero-order chi connectivity index (χ0) is 12.0. The van der Waals surface area contributed by atoms with Gasteiger partial charge < -0.3 is 5.73 Å². The van der Waals surface area contributed by atoms with E-state index in [0.29, 0.717) is 0 Å². The van der Waals surface area contributed by atoms with E-state index in [1.807, 2.05) is 11.8 Å². The number of nitrogens with two attached hydrogens (primary N) is 1. The van der Waals surface area contributed by atoms with Crippen molar-refractivity contribution in [2.75, 3.05) is 5.75 Å². The summed E-state index contributed by atoms with van der Waals surface area (Å²) in [6, 6.07) is 6.85. The predicted molar refractivity (Wildman–Crippen MR) is 74.0 cm³/mol. The lowest BCUT2D eigenvalue weighted by atomic mass is 10.0. The second-order valence-electron chi connectivity index (χ2n) is 4.28. The Kier molecular flexibility index (Phi) is 5.93. The second kappa shape index (κ2) is 6.97. The van der Waals surface area contributed by atoms with Gasteiger partial charge in [-0.25, -0.2) is 0 Å². The molecular formula is C14H23NS. The van der Waals surface area contributed by atoms with Gasteiger partial charge in [-0.1, -0.05) is 38.0 Å². The Labute approximate surface area is 104 Å². The molecule has 0 aliphatic rings. The number of hydrogen-bond donors (Lipinski definition) is 1. The number of rotatable bonds is 6. The van der Waals surface area contributed by atoms with Gasteiger partial charge in [0.15, 0.2) is 0 Å². The molecule has 0 amide bonds. The third-order valence-corrected chi connectivity index (χ3v) is 3.92. The summed E-state index contributed by atoms with van der Waals surface area (Å²) in [5.41, 5.74) is 8.88. The summed E-state index contributed by atoms with van der Waals surface area (Å²) in [6.45, 7) is 6.54. The van der Waals surface area contributed by atoms with Crippen molar-refractivity contribution in [2.45, 2.75) is 51.0 Å². The van der Waals surface area contributed by atoms with Crippen molar-refractivity contribution >= 4 is 11.8 Å². The van der Waals surface area contributed by atoms with Gasteiger partial charge in [-0.15, -0.1) is 11.8 Å². The van der Waals surface area contributed by atoms with E-state index >= 15 is 0 Å². The number of hydrogen-bond acceptors (Lipinski definition) is 2. The van der Waals surface area contributed by atoms with Crippen molar-refractivity contribution in [1.82, 2.24) is 0 Å². The fourth-order valence-corrected chi connectivity index (χ4v) is 2.73. The van der Waals surface area contributed by atoms with Crippen molar-refractivity contribution in [1.29, 1.82) is 0 Å². The summed E-state index contributed by atoms with van der Waals surface area (Å²) in [5.74, 6) is 1.18. The Morgan fingerprint density at radius 2 is 2.00 bits per heavy atom. The summed E-state index contributed by atoms with van der Waals surface area (Å²) < 4.78 is 0. The maximum absolute atomic E-state index is 6.23. The lowest BCUT2D eigenvalue weighted by Crippen LogP contribution is -2.11. The molecule has 2 N–H and O–H groups in total. The lowest BCUT2D eigenvalue weighted by Gasteiger charge is -2.16. The first-order valence-electron chi connectivity index (χ1n) is 6.18. The molecule has 0 spiro atoms. The molecule has 90 valence electrons. The highest BCUT2D eigenvalue weighted by Gasteiger charge is 2.10. The molecule has 1 atom stereocenters. The van der Waals surface area contributed by atoms with Crippen LogP contribution in [0.3, 0.4) is 0 Å². The minimum atomic E-state index is 0.198. The topological polar surface area (TPSA) is 26.0 Å². The first-order valence-corrected chi connectivity index (χ1v) is 7.16. The minimum Gasteiger partial charge on any atom is -0.324 e. The molecule has 0 heterocycles. The van der Waals surface area contributed by atoms with Crippen LogP contribution in [0.4, 0.5) is 0 Å². The molecule has 1 rings (SSSR count). The normalized spacial score (nSPS) is 12.8. The zero-order valence-corrected chi connectivity index (χ0v) is 11.4. The van der Waals surface area contributed by atoms with Crippen LogP contribution in [0.2, 0.25) is 0 Å². The monoisotopic (exact) mass is 237 g/mol. The van der Waals surface area contributed by atoms with Gasteiger partial charge in [0.05, 0.1) is 0 Å². The van der Waals surface area contributed by atoms with Crippen molar-refractivity contribution in [3.05, 3.63) is 29.3 Å². The van der Waals surface area contributed by atoms with Gasteiger partial charge in [-0.3, -0.25) is 0 Å². The van der Waals surface area contributed by atoms with Crippen LogP contribution >= 0.6 is 11.8 Å². The van der Waals surface area contributed by atoms with Crippen molar-refractivity contribution in [3.63, 3.8) is 0 Å². The quantitative estimate of drug-likeness (QED) is 0.747. The highest BCUT2D eigenvalue weighted by Crippen LogP contribution is 2.29. The van der Waals surface area contributed by atoms with Gasteiger partial charge in [0.2, 0.25) is 0 Å². The van der Waals surface area contributed by atoms with Crippen molar-refractivity contribution in [2.24, 2.45) is 5.73 Å². The van der Waals surface area contributed by atoms with E-state index in [9.17, 15) is 0 Å². The zero-order valence-electron chi connectivity index (χ0n) is 10.6. The third kappa shape index (κ3) is 3.84. The highest BCUT2D eigenvalue weighted by atomic mass is 32.2. The molecular weight excluding hydrogens is 214 g/mol. The van der Waals surface area contributed by atoms with Crippen LogP contribution in [-0.4, -0.2) is 5.75 Å². The van der Waals surface area contributed by atoms with Gasteiger partial charge in [-0.2, -0.15) is 0 Å². The second-order valence-corrected chi connectivity index (χ2v) is 5.42. The summed E-state index contributed by atoms with van der Waals surface area (Å²) in [4.78, 5) is 1.37. The average molecular weight is 237 g/mol. The molecule has 0 fully saturated rings. The number of benzene rings is 1. The molecule has 1 nitrogen and oxygen atoms in total. The standard InChI is InChI=1S/C14H23NS/c1-4-6-13(15)12-10-11(3)7-8-14(12)16-9-5-2/h7-8,10,13H,4-6,9,15H2,1-3H3. The highest BCUT2D eigenvalue weighted by molar-refractivity contribution is 7.99. The molecule has 0 aromatic heterocycles. The van der Waals surface area contributed by atoms with Crippen LogP contribution in [0.15, 0.2) is 23.1 Å². The van der Waals surface area contributed by atoms with Crippen LogP contribution in [0, 0.1) is 6.92 Å². The maximum Gasteiger partial charge on any atom is 0.0305 e. The molecule has 0 saturated carbocycles. The minimum absolute atomic E-state index is 0.198. The third-order valence-electron chi connectivity index (χ3n) is 2.63. The molecule has 1 aromatic carbocycles. The van der Waals surface area contributed by atoms with Gasteiger partial charge >= 0.3 is 0 Å². The Morgan fingerprint density at radius 3 is 2.62 bits per heavy atom. The largest absolute Gasteiger partial charge is 0.324 e. The SMILES string of the molecule is CCCSc1ccc(C)cc1C(N)CCC. The lowest BCUT2D eigenvalue weighted by molar-refractivity contribution is 0.628. The van der Waals surface area contributed by atoms with Crippen LogP contribution < -0.4 is 5.73 Å². The molecule has 0 aliphatic carbocycles. The first kappa shape index (κ1) is 13.6. The van der Waals surface area contributed by atoms with Crippen molar-refractivity contribution < 1.29 is 0 Å². The van der Waals surface area contributed by atoms with E-state index in [1.165, 1.54) is 28.2 Å². The fraction of sp³-hybridized carbons (Fsp3) is 0.571. The summed E-state index contributed by atoms with van der Waals surface area (Å²) in [6.07, 6.45) is 3.43. The van der Waals surface area contributed by atoms with Gasteiger partial charge in [0.1, 0.15) is 0 Å². The molecule has 0 radical (unpaired) electrons. The van der Waals surface area contributed by atoms with E-state index in [2.05, 4.69) is 39.0 Å². The average Bonchev–Trinajstić information content (AvgIpc) is 2.27. The predicted octanol–water partition coefficient (Wildman–Crippen LogP) is 4.30. The van der Waals surface area contributed by atoms with Crippen LogP contribution in [0.25, 0.3) is 0 Å². The van der Waals surface area contributed by atoms with E-state index in [0.717, 1.165) is 12.8 Å². The van der Waals surface area contributed by atoms with Crippen LogP contribution in [0.5, 0.6) is 0 Å². The van der Waals surface area contributed by atoms with E-state index in [1.54, 1.807) is 0 Å². The number of aryl methyl sites for hydroxylation is 1. The molecule has 1 aromatic rings. The summed E-state index contributed by atoms with van der Waals surface area (Å²) in [7, 11) is 0. The Balaban J connectivity index is 2.88. The maximum atomic E-state index is 6.23. The first-order chi connectivity index (χ1) is 7.69. The molecule has 1 unspecified atom stereocenters. The number of thioether (sulfide) groups is 1. The Bertz CT molecular complexity index is 323. The molecule has 16 heavy (non-hydrogen) atoms. The van der Waals surface area contributed by atoms with E-state index < -0.39 is 0 Å². The Morgan fingerprint density at radius 1 is 1.25 bits per heavy atom. The smallest absolute Gasteiger partial charge is 0.0305 e. The Hall–Kier alpha value is -0.470. The van der Waals surface area contributed by atoms with Crippen molar-refractivity contribution in [3.8, 4) is 0 Å². The van der Waals surface area contributed by atoms with Gasteiger partial charge in [-0.05, 0) is 37.1 Å². The fourth-order valence-electron chi connectivity index (χ4n) is 1.77. The molecule has 0 bridgehead atoms. The molecule has 0 aliphatic heterocycles. The summed E-state index contributed by atoms with van der Waals surface area (Å²) >= 11 is 1.93. The molecule has 0 saturated heterocycles. The van der Waals surface area contributed by atoms with Gasteiger partial charge in [0.25, 0.3) is 0 Å². The van der Waals surface area contributed by atoms with Crippen LogP contribution in [0.1, 0.15) is 50.3 Å². The van der Waals surface area contributed by atoms with Gasteiger partial charge in [0, 0.05) is 10.9 Å². The van der Waals surface area contributed by atoms with E-state index in [-0.39, 0.29) is 6.04 Å².